The maximum Gasteiger partial charge on any atom is 0.226 e. The van der Waals surface area contributed by atoms with E-state index < -0.39 is 5.92 Å². The number of fused-ring (bicyclic) bond motifs is 2. The van der Waals surface area contributed by atoms with Crippen molar-refractivity contribution in [2.45, 2.75) is 84.7 Å². The van der Waals surface area contributed by atoms with Crippen molar-refractivity contribution in [1.82, 2.24) is 41.3 Å². The van der Waals surface area contributed by atoms with Crippen LogP contribution < -0.4 is 42.9 Å². The molecule has 10 N–H and O–H groups in total. The summed E-state index contributed by atoms with van der Waals surface area (Å²) >= 11 is 5.48. The Hall–Kier alpha value is -0.630. The van der Waals surface area contributed by atoms with E-state index in [1.54, 1.807) is 11.9 Å². The van der Waals surface area contributed by atoms with Gasteiger partial charge in [-0.25, -0.2) is 10.1 Å². The number of nitrogens with one attached hydrogen (secondary N) is 6. The lowest BCUT2D eigenvalue weighted by Gasteiger charge is -2.48. The second-order valence-electron chi connectivity index (χ2n) is 12.3. The Morgan fingerprint density at radius 1 is 1.17 bits per heavy atom. The second-order valence-corrected chi connectivity index (χ2v) is 15.8. The molecule has 6 aliphatic heterocycles. The standard InChI is InChI=1S/C26H44N10O3S3/c27-14-3-1-2-4-15(14)31-26-33-24(20(23(28)38)25-29-12-30-36(25)26)32-18-10-17(42-34-18)13-11-40-22-16(37)9-19(41-21(13)22)35-5-7-39-8-6-35/h9,13-15,17-18,20-22,24-26,29-34H,1-8,10-12,27H2,(H2,28,38)/t13?,14-,15+,17?,18?,20?,21?,22?,24?,25?,26?/m1/s1. The molecule has 42 heavy (non-hydrogen) atoms. The van der Waals surface area contributed by atoms with Crippen LogP contribution in [0.5, 0.6) is 0 Å². The molecule has 0 aromatic rings. The van der Waals surface area contributed by atoms with Gasteiger partial charge < -0.3 is 21.1 Å². The lowest BCUT2D eigenvalue weighted by atomic mass is 9.90. The van der Waals surface area contributed by atoms with Crippen LogP contribution in [0.4, 0.5) is 0 Å². The van der Waals surface area contributed by atoms with Gasteiger partial charge in [-0.05, 0) is 30.9 Å². The van der Waals surface area contributed by atoms with Crippen molar-refractivity contribution < 1.29 is 14.3 Å². The number of carbonyl (C=O) groups excluding carboxylic acids is 2. The van der Waals surface area contributed by atoms with E-state index in [0.29, 0.717) is 31.1 Å². The van der Waals surface area contributed by atoms with Gasteiger partial charge in [0.15, 0.2) is 5.78 Å². The molecule has 16 heteroatoms. The minimum atomic E-state index is -0.483. The first-order valence-electron chi connectivity index (χ1n) is 15.3. The molecule has 13 nitrogen and oxygen atoms in total. The molecule has 7 aliphatic rings. The number of nitrogens with zero attached hydrogens (tertiary/aromatic N) is 2. The normalized spacial score (nSPS) is 44.6. The Morgan fingerprint density at radius 3 is 2.81 bits per heavy atom. The van der Waals surface area contributed by atoms with Gasteiger partial charge in [-0.3, -0.25) is 30.9 Å². The number of thioether (sulfide) groups is 2. The van der Waals surface area contributed by atoms with Gasteiger partial charge in [0.25, 0.3) is 0 Å². The van der Waals surface area contributed by atoms with Crippen LogP contribution in [0.2, 0.25) is 0 Å². The fourth-order valence-electron chi connectivity index (χ4n) is 7.44. The molecule has 7 rings (SSSR count). The maximum atomic E-state index is 13.1. The Kier molecular flexibility index (Phi) is 9.30. The monoisotopic (exact) mass is 640 g/mol. The molecule has 6 heterocycles. The van der Waals surface area contributed by atoms with Crippen molar-refractivity contribution >= 4 is 47.2 Å². The highest BCUT2D eigenvalue weighted by molar-refractivity contribution is 8.07. The number of primary amides is 1. The molecule has 6 fully saturated rings. The van der Waals surface area contributed by atoms with Gasteiger partial charge in [-0.1, -0.05) is 24.8 Å². The number of ketones is 1. The van der Waals surface area contributed by atoms with Crippen molar-refractivity contribution in [1.29, 1.82) is 0 Å². The van der Waals surface area contributed by atoms with Crippen molar-refractivity contribution in [3.8, 4) is 0 Å². The van der Waals surface area contributed by atoms with Gasteiger partial charge in [0.1, 0.15) is 6.29 Å². The highest BCUT2D eigenvalue weighted by Gasteiger charge is 2.52. The van der Waals surface area contributed by atoms with E-state index in [2.05, 4.69) is 36.3 Å². The lowest BCUT2D eigenvalue weighted by molar-refractivity contribution is -0.132. The number of hydrogen-bond donors (Lipinski definition) is 8. The third-order valence-corrected chi connectivity index (χ3v) is 14.1. The number of rotatable bonds is 7. The van der Waals surface area contributed by atoms with Gasteiger partial charge in [-0.15, -0.1) is 23.5 Å². The van der Waals surface area contributed by atoms with E-state index in [9.17, 15) is 9.59 Å². The lowest BCUT2D eigenvalue weighted by Crippen LogP contribution is -2.77. The Labute approximate surface area is 260 Å². The van der Waals surface area contributed by atoms with Crippen LogP contribution >= 0.6 is 35.5 Å². The molecule has 1 aliphatic carbocycles. The first-order chi connectivity index (χ1) is 20.5. The van der Waals surface area contributed by atoms with Crippen LogP contribution in [-0.2, 0) is 14.3 Å². The first kappa shape index (κ1) is 30.0. The predicted molar refractivity (Wildman–Crippen MR) is 166 cm³/mol. The van der Waals surface area contributed by atoms with E-state index in [-0.39, 0.29) is 59.1 Å². The summed E-state index contributed by atoms with van der Waals surface area (Å²) in [5.74, 6) is 0.815. The van der Waals surface area contributed by atoms with Crippen LogP contribution in [0.1, 0.15) is 32.1 Å². The minimum absolute atomic E-state index is 0.000414. The summed E-state index contributed by atoms with van der Waals surface area (Å²) in [7, 11) is 0. The molecule has 0 aromatic heterocycles. The number of allylic oxidation sites excluding steroid dienone is 1. The molecule has 0 spiro atoms. The second kappa shape index (κ2) is 13.0. The molecule has 5 saturated heterocycles. The first-order valence-corrected chi connectivity index (χ1v) is 18.1. The molecule has 11 atom stereocenters. The highest BCUT2D eigenvalue weighted by atomic mass is 32.2. The van der Waals surface area contributed by atoms with Crippen LogP contribution in [0.25, 0.3) is 0 Å². The number of nitrogens with two attached hydrogens (primary N) is 2. The van der Waals surface area contributed by atoms with E-state index in [1.165, 1.54) is 6.42 Å². The van der Waals surface area contributed by atoms with Gasteiger partial charge in [0, 0.05) is 41.7 Å². The Balaban J connectivity index is 1.01. The van der Waals surface area contributed by atoms with Gasteiger partial charge in [-0.2, -0.15) is 5.01 Å². The summed E-state index contributed by atoms with van der Waals surface area (Å²) in [5, 5.41) is 18.3. The maximum absolute atomic E-state index is 13.1. The SMILES string of the molecule is NC(=O)C1C(NC2CC(C3CSC4C(=O)C=C(N5CCOCC5)SC43)SN2)NC(N[C@H]2CCCC[C@H]2N)N2NCNC12. The van der Waals surface area contributed by atoms with Gasteiger partial charge in [0.2, 0.25) is 5.91 Å². The van der Waals surface area contributed by atoms with Crippen molar-refractivity contribution in [3.05, 3.63) is 11.1 Å². The van der Waals surface area contributed by atoms with E-state index in [1.807, 2.05) is 34.6 Å². The van der Waals surface area contributed by atoms with Crippen LogP contribution in [-0.4, -0.2) is 113 Å². The molecule has 0 bridgehead atoms. The molecule has 1 amide bonds. The summed E-state index contributed by atoms with van der Waals surface area (Å²) in [4.78, 5) is 28.2. The third kappa shape index (κ3) is 5.99. The van der Waals surface area contributed by atoms with Gasteiger partial charge >= 0.3 is 0 Å². The largest absolute Gasteiger partial charge is 0.378 e. The summed E-state index contributed by atoms with van der Waals surface area (Å²) in [6.45, 7) is 3.67. The molecule has 234 valence electrons. The number of carbonyl (C=O) groups is 2. The number of hydrogen-bond acceptors (Lipinski definition) is 15. The van der Waals surface area contributed by atoms with E-state index in [4.69, 9.17) is 16.2 Å². The van der Waals surface area contributed by atoms with Crippen molar-refractivity contribution in [3.63, 3.8) is 0 Å². The Bertz CT molecular complexity index is 1050. The minimum Gasteiger partial charge on any atom is -0.378 e. The topological polar surface area (TPSA) is 174 Å². The molecular formula is C26H44N10O3S3. The Morgan fingerprint density at radius 2 is 2.00 bits per heavy atom. The van der Waals surface area contributed by atoms with E-state index in [0.717, 1.165) is 49.6 Å². The summed E-state index contributed by atoms with van der Waals surface area (Å²) < 4.78 is 9.15. The molecule has 9 unspecified atom stereocenters. The summed E-state index contributed by atoms with van der Waals surface area (Å²) in [6.07, 6.45) is 6.37. The number of amides is 1. The van der Waals surface area contributed by atoms with Crippen LogP contribution in [0.3, 0.4) is 0 Å². The zero-order chi connectivity index (χ0) is 28.8. The van der Waals surface area contributed by atoms with Gasteiger partial charge in [0.05, 0.1) is 54.6 Å². The number of morpholine rings is 1. The summed E-state index contributed by atoms with van der Waals surface area (Å²) in [6, 6.07) is 0.314. The quantitative estimate of drug-likeness (QED) is 0.149. The summed E-state index contributed by atoms with van der Waals surface area (Å²) in [5.41, 5.74) is 15.8. The molecule has 0 radical (unpaired) electrons. The third-order valence-electron chi connectivity index (χ3n) is 9.71. The number of hydrazine groups is 1. The van der Waals surface area contributed by atoms with Crippen LogP contribution in [0, 0.1) is 11.8 Å². The fourth-order valence-corrected chi connectivity index (χ4v) is 12.4. The zero-order valence-corrected chi connectivity index (χ0v) is 26.2. The predicted octanol–water partition coefficient (Wildman–Crippen LogP) is -1.63. The van der Waals surface area contributed by atoms with Crippen LogP contribution in [0.15, 0.2) is 11.1 Å². The van der Waals surface area contributed by atoms with Crippen molar-refractivity contribution in [2.75, 3.05) is 38.7 Å². The average Bonchev–Trinajstić information content (AvgIpc) is 3.75. The highest BCUT2D eigenvalue weighted by Crippen LogP contribution is 2.51. The number of ether oxygens (including phenoxy) is 1. The van der Waals surface area contributed by atoms with Crippen molar-refractivity contribution in [2.24, 2.45) is 23.3 Å². The fraction of sp³-hybridized carbons (Fsp3) is 0.846. The molecular weight excluding hydrogens is 597 g/mol. The average molecular weight is 641 g/mol. The molecule has 1 saturated carbocycles. The smallest absolute Gasteiger partial charge is 0.226 e. The van der Waals surface area contributed by atoms with E-state index >= 15 is 0 Å². The zero-order valence-electron chi connectivity index (χ0n) is 23.7. The molecule has 0 aromatic carbocycles.